The summed E-state index contributed by atoms with van der Waals surface area (Å²) in [7, 11) is 0. The number of H-pyrrole nitrogens is 4. The van der Waals surface area contributed by atoms with Gasteiger partial charge in [-0.1, -0.05) is 31.5 Å². The Labute approximate surface area is 150 Å². The first-order valence-electron chi connectivity index (χ1n) is 8.80. The van der Waals surface area contributed by atoms with Crippen LogP contribution in [-0.2, 0) is 0 Å². The molecule has 138 valence electrons. The molecule has 0 fully saturated rings. The van der Waals surface area contributed by atoms with Gasteiger partial charge in [-0.05, 0) is 26.3 Å². The molecule has 2 aromatic heterocycles. The van der Waals surface area contributed by atoms with E-state index in [0.29, 0.717) is 34.9 Å². The van der Waals surface area contributed by atoms with Crippen molar-refractivity contribution in [3.63, 3.8) is 0 Å². The Hall–Kier alpha value is -2.96. The number of benzene rings is 1. The van der Waals surface area contributed by atoms with Crippen LogP contribution in [0.3, 0.4) is 0 Å². The monoisotopic (exact) mass is 356 g/mol. The number of aromatic amines is 4. The topological polar surface area (TPSA) is 107 Å². The van der Waals surface area contributed by atoms with Crippen LogP contribution in [0.15, 0.2) is 33.9 Å². The van der Waals surface area contributed by atoms with Gasteiger partial charge in [0.05, 0.1) is 23.7 Å². The molecular formula is C19H24N4O3. The molecule has 0 aliphatic heterocycles. The molecule has 4 N–H and O–H groups in total. The lowest BCUT2D eigenvalue weighted by Gasteiger charge is -2.19. The molecule has 0 amide bonds. The highest BCUT2D eigenvalue weighted by atomic mass is 16.5. The van der Waals surface area contributed by atoms with Crippen molar-refractivity contribution in [2.24, 2.45) is 0 Å². The van der Waals surface area contributed by atoms with Crippen molar-refractivity contribution >= 4 is 0 Å². The number of hydrogen-bond donors (Lipinski definition) is 4. The molecule has 0 bridgehead atoms. The second-order valence-corrected chi connectivity index (χ2v) is 6.41. The van der Waals surface area contributed by atoms with Crippen molar-refractivity contribution in [3.05, 3.63) is 73.1 Å². The molecule has 2 heterocycles. The highest BCUT2D eigenvalue weighted by molar-refractivity contribution is 5.50. The summed E-state index contributed by atoms with van der Waals surface area (Å²) < 4.78 is 5.97. The van der Waals surface area contributed by atoms with E-state index in [1.54, 1.807) is 0 Å². The van der Waals surface area contributed by atoms with E-state index in [1.807, 2.05) is 38.1 Å². The summed E-state index contributed by atoms with van der Waals surface area (Å²) >= 11 is 0. The Bertz CT molecular complexity index is 938. The van der Waals surface area contributed by atoms with Gasteiger partial charge >= 0.3 is 0 Å². The van der Waals surface area contributed by atoms with Crippen LogP contribution in [0.1, 0.15) is 53.8 Å². The lowest BCUT2D eigenvalue weighted by atomic mass is 9.85. The molecule has 0 aliphatic rings. The summed E-state index contributed by atoms with van der Waals surface area (Å²) in [5, 5.41) is 10.9. The first-order chi connectivity index (χ1) is 12.5. The fourth-order valence-electron chi connectivity index (χ4n) is 3.24. The van der Waals surface area contributed by atoms with Gasteiger partial charge in [0.1, 0.15) is 5.75 Å². The molecule has 0 radical (unpaired) electrons. The van der Waals surface area contributed by atoms with Gasteiger partial charge in [-0.2, -0.15) is 0 Å². The van der Waals surface area contributed by atoms with E-state index in [9.17, 15) is 9.59 Å². The van der Waals surface area contributed by atoms with E-state index in [4.69, 9.17) is 4.74 Å². The average molecular weight is 356 g/mol. The zero-order valence-corrected chi connectivity index (χ0v) is 15.2. The van der Waals surface area contributed by atoms with Crippen molar-refractivity contribution in [1.29, 1.82) is 0 Å². The van der Waals surface area contributed by atoms with Gasteiger partial charge < -0.3 is 14.9 Å². The van der Waals surface area contributed by atoms with E-state index in [-0.39, 0.29) is 11.1 Å². The highest BCUT2D eigenvalue weighted by Gasteiger charge is 2.30. The van der Waals surface area contributed by atoms with Gasteiger partial charge in [-0.15, -0.1) is 0 Å². The number of para-hydroxylation sites is 1. The number of aryl methyl sites for hydroxylation is 2. The molecule has 0 saturated carbocycles. The van der Waals surface area contributed by atoms with Crippen molar-refractivity contribution < 1.29 is 4.74 Å². The van der Waals surface area contributed by atoms with E-state index in [0.717, 1.165) is 18.4 Å². The normalized spacial score (nSPS) is 11.2. The molecular weight excluding hydrogens is 332 g/mol. The second kappa shape index (κ2) is 7.51. The van der Waals surface area contributed by atoms with Crippen LogP contribution >= 0.6 is 0 Å². The number of ether oxygens (including phenoxy) is 1. The number of hydrogen-bond acceptors (Lipinski definition) is 3. The largest absolute Gasteiger partial charge is 0.493 e. The van der Waals surface area contributed by atoms with Crippen LogP contribution in [0.5, 0.6) is 5.75 Å². The van der Waals surface area contributed by atoms with Crippen LogP contribution in [0.4, 0.5) is 0 Å². The van der Waals surface area contributed by atoms with Gasteiger partial charge in [0.25, 0.3) is 11.1 Å². The maximum Gasteiger partial charge on any atom is 0.268 e. The van der Waals surface area contributed by atoms with Gasteiger partial charge in [0, 0.05) is 17.0 Å². The predicted molar refractivity (Wildman–Crippen MR) is 100 cm³/mol. The van der Waals surface area contributed by atoms with Crippen LogP contribution in [0.2, 0.25) is 0 Å². The molecule has 3 aromatic rings. The molecule has 0 aliphatic carbocycles. The second-order valence-electron chi connectivity index (χ2n) is 6.41. The SMILES string of the molecule is CCCCOc1ccccc1C(c1c(C)[nH][nH]c1=O)c1c(C)[nH][nH]c1=O. The minimum atomic E-state index is -0.530. The molecule has 3 rings (SSSR count). The number of nitrogens with one attached hydrogen (secondary N) is 4. The Morgan fingerprint density at radius 1 is 0.923 bits per heavy atom. The summed E-state index contributed by atoms with van der Waals surface area (Å²) in [6.45, 7) is 6.32. The zero-order chi connectivity index (χ0) is 18.7. The lowest BCUT2D eigenvalue weighted by molar-refractivity contribution is 0.306. The third-order valence-corrected chi connectivity index (χ3v) is 4.59. The van der Waals surface area contributed by atoms with Crippen LogP contribution < -0.4 is 15.9 Å². The third-order valence-electron chi connectivity index (χ3n) is 4.59. The smallest absolute Gasteiger partial charge is 0.268 e. The summed E-state index contributed by atoms with van der Waals surface area (Å²) in [5.41, 5.74) is 2.75. The van der Waals surface area contributed by atoms with Crippen molar-refractivity contribution in [3.8, 4) is 5.75 Å². The number of aromatic nitrogens is 4. The van der Waals surface area contributed by atoms with E-state index >= 15 is 0 Å². The van der Waals surface area contributed by atoms with E-state index < -0.39 is 5.92 Å². The fourth-order valence-corrected chi connectivity index (χ4v) is 3.24. The molecule has 0 unspecified atom stereocenters. The van der Waals surface area contributed by atoms with Gasteiger partial charge in [0.2, 0.25) is 0 Å². The van der Waals surface area contributed by atoms with Crippen LogP contribution in [0, 0.1) is 13.8 Å². The Morgan fingerprint density at radius 2 is 1.50 bits per heavy atom. The molecule has 0 atom stereocenters. The first-order valence-corrected chi connectivity index (χ1v) is 8.80. The average Bonchev–Trinajstić information content (AvgIpc) is 3.13. The Morgan fingerprint density at radius 3 is 2.00 bits per heavy atom. The van der Waals surface area contributed by atoms with E-state index in [1.165, 1.54) is 0 Å². The quantitative estimate of drug-likeness (QED) is 0.489. The molecule has 26 heavy (non-hydrogen) atoms. The van der Waals surface area contributed by atoms with E-state index in [2.05, 4.69) is 27.3 Å². The minimum absolute atomic E-state index is 0.240. The summed E-state index contributed by atoms with van der Waals surface area (Å²) in [6, 6.07) is 7.57. The van der Waals surface area contributed by atoms with Crippen molar-refractivity contribution in [1.82, 2.24) is 20.4 Å². The maximum atomic E-state index is 12.5. The molecule has 7 nitrogen and oxygen atoms in total. The fraction of sp³-hybridized carbons (Fsp3) is 0.368. The maximum absolute atomic E-state index is 12.5. The highest BCUT2D eigenvalue weighted by Crippen LogP contribution is 2.36. The molecule has 0 saturated heterocycles. The third kappa shape index (κ3) is 3.24. The Kier molecular flexibility index (Phi) is 5.16. The lowest BCUT2D eigenvalue weighted by Crippen LogP contribution is -2.21. The number of rotatable bonds is 7. The van der Waals surface area contributed by atoms with Crippen molar-refractivity contribution in [2.45, 2.75) is 39.5 Å². The van der Waals surface area contributed by atoms with Crippen LogP contribution in [0.25, 0.3) is 0 Å². The number of unbranched alkanes of at least 4 members (excludes halogenated alkanes) is 1. The van der Waals surface area contributed by atoms with Crippen LogP contribution in [-0.4, -0.2) is 27.0 Å². The van der Waals surface area contributed by atoms with Gasteiger partial charge in [0.15, 0.2) is 0 Å². The summed E-state index contributed by atoms with van der Waals surface area (Å²) in [5.74, 6) is 0.156. The Balaban J connectivity index is 2.21. The minimum Gasteiger partial charge on any atom is -0.493 e. The molecule has 7 heteroatoms. The summed E-state index contributed by atoms with van der Waals surface area (Å²) in [6.07, 6.45) is 1.96. The molecule has 0 spiro atoms. The molecule has 1 aromatic carbocycles. The predicted octanol–water partition coefficient (Wildman–Crippen LogP) is 2.70. The van der Waals surface area contributed by atoms with Gasteiger partial charge in [-0.25, -0.2) is 0 Å². The standard InChI is InChI=1S/C19H24N4O3/c1-4-5-10-26-14-9-7-6-8-13(14)17(15-11(2)20-22-18(15)24)16-12(3)21-23-19(16)25/h6-9,17H,4-5,10H2,1-3H3,(H2,20,22,24)(H2,21,23,25). The first kappa shape index (κ1) is 17.8. The summed E-state index contributed by atoms with van der Waals surface area (Å²) in [4.78, 5) is 25.0. The van der Waals surface area contributed by atoms with Gasteiger partial charge in [-0.3, -0.25) is 19.8 Å². The van der Waals surface area contributed by atoms with Crippen molar-refractivity contribution in [2.75, 3.05) is 6.61 Å². The zero-order valence-electron chi connectivity index (χ0n) is 15.2.